The van der Waals surface area contributed by atoms with E-state index in [1.54, 1.807) is 20.8 Å². The van der Waals surface area contributed by atoms with Crippen molar-refractivity contribution >= 4 is 11.9 Å². The first-order chi connectivity index (χ1) is 8.21. The number of amides is 1. The second-order valence-corrected chi connectivity index (χ2v) is 4.80. The van der Waals surface area contributed by atoms with Gasteiger partial charge in [0, 0.05) is 11.6 Å². The Morgan fingerprint density at radius 2 is 1.94 bits per heavy atom. The third-order valence-corrected chi connectivity index (χ3v) is 2.30. The Bertz CT molecular complexity index is 491. The molecule has 0 saturated heterocycles. The highest BCUT2D eigenvalue weighted by molar-refractivity contribution is 5.95. The molecule has 1 heterocycles. The van der Waals surface area contributed by atoms with Crippen LogP contribution in [0.5, 0.6) is 0 Å². The highest BCUT2D eigenvalue weighted by atomic mass is 16.4. The molecule has 0 bridgehead atoms. The fraction of sp³-hybridized carbons (Fsp3) is 0.417. The molecule has 6 nitrogen and oxygen atoms in total. The van der Waals surface area contributed by atoms with Crippen LogP contribution in [0.2, 0.25) is 0 Å². The standard InChI is InChI=1S/C12H15NO5/c1-12(2,3)13(6-9(14)15)11(17)8-4-5-10(16)18-7-8/h4-5,7H,6H2,1-3H3,(H,14,15). The van der Waals surface area contributed by atoms with Crippen LogP contribution in [0, 0.1) is 0 Å². The van der Waals surface area contributed by atoms with Crippen LogP contribution in [0.15, 0.2) is 27.6 Å². The van der Waals surface area contributed by atoms with Crippen LogP contribution >= 0.6 is 0 Å². The second-order valence-electron chi connectivity index (χ2n) is 4.80. The van der Waals surface area contributed by atoms with Gasteiger partial charge in [0.2, 0.25) is 0 Å². The van der Waals surface area contributed by atoms with E-state index >= 15 is 0 Å². The maximum atomic E-state index is 12.1. The van der Waals surface area contributed by atoms with Gasteiger partial charge in [-0.15, -0.1) is 0 Å². The first kappa shape index (κ1) is 14.0. The first-order valence-corrected chi connectivity index (χ1v) is 5.34. The van der Waals surface area contributed by atoms with E-state index in [9.17, 15) is 14.4 Å². The number of nitrogens with zero attached hydrogens (tertiary/aromatic N) is 1. The van der Waals surface area contributed by atoms with E-state index in [4.69, 9.17) is 5.11 Å². The summed E-state index contributed by atoms with van der Waals surface area (Å²) >= 11 is 0. The minimum Gasteiger partial charge on any atom is -0.480 e. The summed E-state index contributed by atoms with van der Waals surface area (Å²) in [6, 6.07) is 2.43. The molecule has 0 atom stereocenters. The van der Waals surface area contributed by atoms with Gasteiger partial charge in [-0.2, -0.15) is 0 Å². The van der Waals surface area contributed by atoms with E-state index in [0.29, 0.717) is 0 Å². The van der Waals surface area contributed by atoms with Crippen molar-refractivity contribution in [3.8, 4) is 0 Å². The lowest BCUT2D eigenvalue weighted by Crippen LogP contribution is -2.48. The fourth-order valence-electron chi connectivity index (χ4n) is 1.38. The summed E-state index contributed by atoms with van der Waals surface area (Å²) in [5.74, 6) is -1.59. The molecule has 0 aromatic carbocycles. The smallest absolute Gasteiger partial charge is 0.335 e. The summed E-state index contributed by atoms with van der Waals surface area (Å²) < 4.78 is 4.60. The molecule has 0 saturated carbocycles. The van der Waals surface area contributed by atoms with Gasteiger partial charge < -0.3 is 14.4 Å². The second kappa shape index (κ2) is 5.03. The van der Waals surface area contributed by atoms with Crippen LogP contribution in [0.3, 0.4) is 0 Å². The van der Waals surface area contributed by atoms with E-state index < -0.39 is 29.6 Å². The monoisotopic (exact) mass is 253 g/mol. The number of hydrogen-bond donors (Lipinski definition) is 1. The molecule has 1 rings (SSSR count). The Kier molecular flexibility index (Phi) is 3.90. The summed E-state index contributed by atoms with van der Waals surface area (Å²) in [7, 11) is 0. The molecule has 18 heavy (non-hydrogen) atoms. The molecule has 98 valence electrons. The third kappa shape index (κ3) is 3.44. The fourth-order valence-corrected chi connectivity index (χ4v) is 1.38. The lowest BCUT2D eigenvalue weighted by atomic mass is 10.0. The molecule has 0 radical (unpaired) electrons. The van der Waals surface area contributed by atoms with E-state index in [1.807, 2.05) is 0 Å². The number of carbonyl (C=O) groups excluding carboxylic acids is 1. The predicted molar refractivity (Wildman–Crippen MR) is 63.4 cm³/mol. The zero-order chi connectivity index (χ0) is 13.9. The average molecular weight is 253 g/mol. The van der Waals surface area contributed by atoms with Crippen molar-refractivity contribution in [2.24, 2.45) is 0 Å². The maximum Gasteiger partial charge on any atom is 0.335 e. The highest BCUT2D eigenvalue weighted by Crippen LogP contribution is 2.16. The largest absolute Gasteiger partial charge is 0.480 e. The average Bonchev–Trinajstić information content (AvgIpc) is 2.24. The van der Waals surface area contributed by atoms with Gasteiger partial charge in [-0.3, -0.25) is 9.59 Å². The third-order valence-electron chi connectivity index (χ3n) is 2.30. The number of carbonyl (C=O) groups is 2. The van der Waals surface area contributed by atoms with Crippen LogP contribution in [-0.2, 0) is 4.79 Å². The lowest BCUT2D eigenvalue weighted by molar-refractivity contribution is -0.138. The molecule has 1 aromatic rings. The normalized spacial score (nSPS) is 11.1. The van der Waals surface area contributed by atoms with E-state index in [2.05, 4.69) is 4.42 Å². The van der Waals surface area contributed by atoms with Crippen molar-refractivity contribution in [1.29, 1.82) is 0 Å². The molecular formula is C12H15NO5. The number of aliphatic carboxylic acids is 1. The van der Waals surface area contributed by atoms with Crippen molar-refractivity contribution < 1.29 is 19.1 Å². The van der Waals surface area contributed by atoms with Crippen molar-refractivity contribution in [2.75, 3.05) is 6.54 Å². The molecular weight excluding hydrogens is 238 g/mol. The van der Waals surface area contributed by atoms with Gasteiger partial charge >= 0.3 is 11.6 Å². The summed E-state index contributed by atoms with van der Waals surface area (Å²) in [5, 5.41) is 8.82. The van der Waals surface area contributed by atoms with Crippen LogP contribution in [-0.4, -0.2) is 34.0 Å². The zero-order valence-electron chi connectivity index (χ0n) is 10.5. The Morgan fingerprint density at radius 1 is 1.33 bits per heavy atom. The van der Waals surface area contributed by atoms with Crippen LogP contribution in [0.1, 0.15) is 31.1 Å². The van der Waals surface area contributed by atoms with Crippen LogP contribution < -0.4 is 5.63 Å². The molecule has 6 heteroatoms. The van der Waals surface area contributed by atoms with Crippen molar-refractivity contribution in [3.63, 3.8) is 0 Å². The highest BCUT2D eigenvalue weighted by Gasteiger charge is 2.29. The van der Waals surface area contributed by atoms with Gasteiger partial charge in [-0.25, -0.2) is 4.79 Å². The van der Waals surface area contributed by atoms with Crippen molar-refractivity contribution in [1.82, 2.24) is 4.90 Å². The Balaban J connectivity index is 3.06. The zero-order valence-corrected chi connectivity index (χ0v) is 10.5. The molecule has 0 spiro atoms. The minimum atomic E-state index is -1.10. The molecule has 0 aliphatic rings. The molecule has 0 fully saturated rings. The van der Waals surface area contributed by atoms with Crippen LogP contribution in [0.4, 0.5) is 0 Å². The van der Waals surface area contributed by atoms with Gasteiger partial charge in [-0.1, -0.05) is 0 Å². The molecule has 1 N–H and O–H groups in total. The summed E-state index contributed by atoms with van der Waals surface area (Å²) in [5.41, 5.74) is -1.07. The Hall–Kier alpha value is -2.11. The molecule has 0 unspecified atom stereocenters. The van der Waals surface area contributed by atoms with E-state index in [-0.39, 0.29) is 5.56 Å². The van der Waals surface area contributed by atoms with Crippen LogP contribution in [0.25, 0.3) is 0 Å². The maximum absolute atomic E-state index is 12.1. The summed E-state index contributed by atoms with van der Waals surface area (Å²) in [4.78, 5) is 34.9. The summed E-state index contributed by atoms with van der Waals surface area (Å²) in [6.45, 7) is 4.77. The van der Waals surface area contributed by atoms with Crippen molar-refractivity contribution in [3.05, 3.63) is 34.4 Å². The Labute approximate surface area is 104 Å². The van der Waals surface area contributed by atoms with Gasteiger partial charge in [0.05, 0.1) is 5.56 Å². The van der Waals surface area contributed by atoms with Crippen molar-refractivity contribution in [2.45, 2.75) is 26.3 Å². The molecule has 1 amide bonds. The first-order valence-electron chi connectivity index (χ1n) is 5.34. The SMILES string of the molecule is CC(C)(C)N(CC(=O)O)C(=O)c1ccc(=O)oc1. The predicted octanol–water partition coefficient (Wildman–Crippen LogP) is 0.965. The van der Waals surface area contributed by atoms with E-state index in [1.165, 1.54) is 11.0 Å². The summed E-state index contributed by atoms with van der Waals surface area (Å²) in [6.07, 6.45) is 1.03. The van der Waals surface area contributed by atoms with Gasteiger partial charge in [0.25, 0.3) is 5.91 Å². The van der Waals surface area contributed by atoms with Gasteiger partial charge in [0.15, 0.2) is 0 Å². The molecule has 0 aliphatic carbocycles. The number of carboxylic acids is 1. The molecule has 0 aliphatic heterocycles. The van der Waals surface area contributed by atoms with E-state index in [0.717, 1.165) is 12.3 Å². The van der Waals surface area contributed by atoms with Gasteiger partial charge in [0.1, 0.15) is 12.8 Å². The quantitative estimate of drug-likeness (QED) is 0.867. The minimum absolute atomic E-state index is 0.144. The lowest BCUT2D eigenvalue weighted by Gasteiger charge is -2.34. The number of rotatable bonds is 3. The number of carboxylic acid groups (broad SMARTS) is 1. The number of hydrogen-bond acceptors (Lipinski definition) is 4. The Morgan fingerprint density at radius 3 is 2.33 bits per heavy atom. The van der Waals surface area contributed by atoms with Gasteiger partial charge in [-0.05, 0) is 26.8 Å². The topological polar surface area (TPSA) is 87.8 Å². The molecule has 1 aromatic heterocycles.